The van der Waals surface area contributed by atoms with Gasteiger partial charge in [-0.3, -0.25) is 14.1 Å². The van der Waals surface area contributed by atoms with Gasteiger partial charge in [-0.05, 0) is 72.5 Å². The van der Waals surface area contributed by atoms with Gasteiger partial charge >= 0.3 is 0 Å². The quantitative estimate of drug-likeness (QED) is 0.256. The van der Waals surface area contributed by atoms with Crippen molar-refractivity contribution in [2.45, 2.75) is 29.1 Å². The zero-order valence-electron chi connectivity index (χ0n) is 20.6. The Balaban J connectivity index is 1.35. The number of para-hydroxylation sites is 1. The average molecular weight is 532 g/mol. The molecule has 37 heavy (non-hydrogen) atoms. The average Bonchev–Trinajstić information content (AvgIpc) is 2.89. The molecule has 0 saturated carbocycles. The van der Waals surface area contributed by atoms with E-state index in [-0.39, 0.29) is 18.9 Å². The first-order valence-electron chi connectivity index (χ1n) is 12.0. The number of carbonyl (C=O) groups is 1. The molecule has 1 aromatic heterocycles. The fourth-order valence-corrected chi connectivity index (χ4v) is 5.89. The van der Waals surface area contributed by atoms with Crippen molar-refractivity contribution in [1.82, 2.24) is 4.98 Å². The molecular weight excluding hydrogens is 502 g/mol. The molecule has 0 radical (unpaired) electrons. The largest absolute Gasteiger partial charge is 0.326 e. The summed E-state index contributed by atoms with van der Waals surface area (Å²) in [4.78, 5) is 18.5. The number of sulfonamides is 1. The van der Waals surface area contributed by atoms with Gasteiger partial charge in [0.15, 0.2) is 0 Å². The number of hydrogen-bond donors (Lipinski definition) is 1. The van der Waals surface area contributed by atoms with Crippen LogP contribution in [0.2, 0.25) is 0 Å². The summed E-state index contributed by atoms with van der Waals surface area (Å²) < 4.78 is 26.7. The molecule has 0 saturated heterocycles. The number of nitrogens with zero attached hydrogens (tertiary/aromatic N) is 2. The summed E-state index contributed by atoms with van der Waals surface area (Å²) in [7, 11) is -3.54. The molecule has 4 aromatic rings. The van der Waals surface area contributed by atoms with E-state index in [1.54, 1.807) is 18.5 Å². The zero-order valence-corrected chi connectivity index (χ0v) is 22.2. The van der Waals surface area contributed by atoms with E-state index in [9.17, 15) is 13.2 Å². The Bertz CT molecular complexity index is 1410. The molecule has 0 aliphatic rings. The Labute approximate surface area is 222 Å². The first kappa shape index (κ1) is 26.4. The molecule has 0 fully saturated rings. The summed E-state index contributed by atoms with van der Waals surface area (Å²) in [6.45, 7) is 0.212. The molecule has 190 valence electrons. The summed E-state index contributed by atoms with van der Waals surface area (Å²) in [5, 5.41) is 2.91. The molecule has 0 aliphatic heterocycles. The lowest BCUT2D eigenvalue weighted by Gasteiger charge is -2.24. The van der Waals surface area contributed by atoms with Crippen LogP contribution < -0.4 is 9.62 Å². The minimum Gasteiger partial charge on any atom is -0.326 e. The van der Waals surface area contributed by atoms with Crippen LogP contribution in [0.5, 0.6) is 0 Å². The van der Waals surface area contributed by atoms with E-state index >= 15 is 0 Å². The SMILES string of the molecule is CS(=O)(=O)N(CCCC(=O)Nc1ccc(Cc2ccncc2)cc1)c1ccccc1Sc1ccccc1. The van der Waals surface area contributed by atoms with E-state index in [2.05, 4.69) is 10.3 Å². The van der Waals surface area contributed by atoms with Gasteiger partial charge in [-0.2, -0.15) is 0 Å². The third-order valence-electron chi connectivity index (χ3n) is 5.67. The van der Waals surface area contributed by atoms with Crippen molar-refractivity contribution < 1.29 is 13.2 Å². The van der Waals surface area contributed by atoms with Crippen molar-refractivity contribution in [2.75, 3.05) is 22.4 Å². The molecule has 4 rings (SSSR count). The van der Waals surface area contributed by atoms with Crippen molar-refractivity contribution >= 4 is 39.1 Å². The predicted octanol–water partition coefficient (Wildman–Crippen LogP) is 6.01. The van der Waals surface area contributed by atoms with Crippen LogP contribution in [0, 0.1) is 0 Å². The highest BCUT2D eigenvalue weighted by Gasteiger charge is 2.21. The van der Waals surface area contributed by atoms with Crippen LogP contribution in [0.1, 0.15) is 24.0 Å². The van der Waals surface area contributed by atoms with E-state index in [0.29, 0.717) is 17.8 Å². The highest BCUT2D eigenvalue weighted by atomic mass is 32.2. The van der Waals surface area contributed by atoms with Gasteiger partial charge in [-0.25, -0.2) is 8.42 Å². The highest BCUT2D eigenvalue weighted by molar-refractivity contribution is 7.99. The van der Waals surface area contributed by atoms with Crippen molar-refractivity contribution in [1.29, 1.82) is 0 Å². The zero-order chi connectivity index (χ0) is 26.1. The number of carbonyl (C=O) groups excluding carboxylic acids is 1. The van der Waals surface area contributed by atoms with Crippen LogP contribution in [0.3, 0.4) is 0 Å². The lowest BCUT2D eigenvalue weighted by atomic mass is 10.1. The number of rotatable bonds is 11. The first-order valence-corrected chi connectivity index (χ1v) is 14.6. The van der Waals surface area contributed by atoms with Gasteiger partial charge in [0.2, 0.25) is 15.9 Å². The molecule has 6 nitrogen and oxygen atoms in total. The number of pyridine rings is 1. The Kier molecular flexibility index (Phi) is 8.98. The van der Waals surface area contributed by atoms with E-state index in [1.165, 1.54) is 27.9 Å². The van der Waals surface area contributed by atoms with Gasteiger partial charge < -0.3 is 5.32 Å². The Morgan fingerprint density at radius 2 is 1.51 bits per heavy atom. The lowest BCUT2D eigenvalue weighted by Crippen LogP contribution is -2.31. The summed E-state index contributed by atoms with van der Waals surface area (Å²) >= 11 is 1.51. The Hall–Kier alpha value is -3.62. The number of anilines is 2. The second kappa shape index (κ2) is 12.6. The van der Waals surface area contributed by atoms with Crippen molar-refractivity contribution in [3.63, 3.8) is 0 Å². The third kappa shape index (κ3) is 7.93. The Morgan fingerprint density at radius 3 is 2.22 bits per heavy atom. The molecule has 1 amide bonds. The van der Waals surface area contributed by atoms with E-state index < -0.39 is 10.0 Å². The second-order valence-electron chi connectivity index (χ2n) is 8.60. The number of nitrogens with one attached hydrogen (secondary N) is 1. The van der Waals surface area contributed by atoms with Crippen molar-refractivity contribution in [2.24, 2.45) is 0 Å². The molecule has 0 spiro atoms. The topological polar surface area (TPSA) is 79.4 Å². The number of amides is 1. The molecule has 8 heteroatoms. The van der Waals surface area contributed by atoms with Gasteiger partial charge in [0.25, 0.3) is 0 Å². The summed E-state index contributed by atoms with van der Waals surface area (Å²) in [5.74, 6) is -0.151. The summed E-state index contributed by atoms with van der Waals surface area (Å²) in [5.41, 5.74) is 3.64. The molecule has 0 atom stereocenters. The molecule has 1 N–H and O–H groups in total. The lowest BCUT2D eigenvalue weighted by molar-refractivity contribution is -0.116. The first-order chi connectivity index (χ1) is 17.9. The Morgan fingerprint density at radius 1 is 0.865 bits per heavy atom. The van der Waals surface area contributed by atoms with E-state index in [4.69, 9.17) is 0 Å². The number of aromatic nitrogens is 1. The van der Waals surface area contributed by atoms with Gasteiger partial charge in [-0.1, -0.05) is 54.2 Å². The van der Waals surface area contributed by atoms with Gasteiger partial charge in [0.05, 0.1) is 11.9 Å². The maximum atomic E-state index is 12.7. The van der Waals surface area contributed by atoms with E-state index in [0.717, 1.165) is 21.8 Å². The van der Waals surface area contributed by atoms with Crippen LogP contribution in [0.4, 0.5) is 11.4 Å². The van der Waals surface area contributed by atoms with Crippen LogP contribution in [0.15, 0.2) is 113 Å². The molecule has 3 aromatic carbocycles. The normalized spacial score (nSPS) is 11.2. The maximum Gasteiger partial charge on any atom is 0.232 e. The van der Waals surface area contributed by atoms with Crippen molar-refractivity contribution in [3.05, 3.63) is 115 Å². The van der Waals surface area contributed by atoms with Crippen LogP contribution in [-0.2, 0) is 21.2 Å². The number of benzene rings is 3. The molecular formula is C29H29N3O3S2. The standard InChI is InChI=1S/C29H29N3O3S2/c1-37(34,35)32(27-10-5-6-11-28(27)36-26-8-3-2-4-9-26)21-7-12-29(33)31-25-15-13-23(14-16-25)22-24-17-19-30-20-18-24/h2-6,8-11,13-20H,7,12,21-22H2,1H3,(H,31,33). The summed E-state index contributed by atoms with van der Waals surface area (Å²) in [6.07, 6.45) is 6.14. The highest BCUT2D eigenvalue weighted by Crippen LogP contribution is 2.36. The second-order valence-corrected chi connectivity index (χ2v) is 11.6. The van der Waals surface area contributed by atoms with Crippen LogP contribution in [-0.4, -0.2) is 32.1 Å². The minimum absolute atomic E-state index is 0.151. The van der Waals surface area contributed by atoms with Gasteiger partial charge in [-0.15, -0.1) is 0 Å². The molecule has 0 bridgehead atoms. The fraction of sp³-hybridized carbons (Fsp3) is 0.172. The smallest absolute Gasteiger partial charge is 0.232 e. The van der Waals surface area contributed by atoms with Gasteiger partial charge in [0.1, 0.15) is 0 Å². The predicted molar refractivity (Wildman–Crippen MR) is 151 cm³/mol. The number of hydrogen-bond acceptors (Lipinski definition) is 5. The van der Waals surface area contributed by atoms with Crippen LogP contribution in [0.25, 0.3) is 0 Å². The van der Waals surface area contributed by atoms with Gasteiger partial charge in [0, 0.05) is 40.8 Å². The minimum atomic E-state index is -3.54. The maximum absolute atomic E-state index is 12.7. The van der Waals surface area contributed by atoms with E-state index in [1.807, 2.05) is 84.9 Å². The van der Waals surface area contributed by atoms with Crippen molar-refractivity contribution in [3.8, 4) is 0 Å². The fourth-order valence-electron chi connectivity index (χ4n) is 3.88. The van der Waals surface area contributed by atoms with Crippen LogP contribution >= 0.6 is 11.8 Å². The summed E-state index contributed by atoms with van der Waals surface area (Å²) in [6, 6.07) is 29.0. The molecule has 0 unspecified atom stereocenters. The molecule has 0 aliphatic carbocycles. The molecule has 1 heterocycles. The third-order valence-corrected chi connectivity index (χ3v) is 7.92. The monoisotopic (exact) mass is 531 g/mol.